The summed E-state index contributed by atoms with van der Waals surface area (Å²) in [6.45, 7) is -2.96. The quantitative estimate of drug-likeness (QED) is 0.806. The van der Waals surface area contributed by atoms with Crippen molar-refractivity contribution in [1.29, 1.82) is 0 Å². The summed E-state index contributed by atoms with van der Waals surface area (Å²) in [5, 5.41) is 5.16. The summed E-state index contributed by atoms with van der Waals surface area (Å²) in [5.74, 6) is -0.444. The topological polar surface area (TPSA) is 76.7 Å². The van der Waals surface area contributed by atoms with Crippen molar-refractivity contribution in [3.8, 4) is 5.75 Å². The average molecular weight is 366 g/mol. The van der Waals surface area contributed by atoms with E-state index in [0.29, 0.717) is 24.8 Å². The Morgan fingerprint density at radius 1 is 1.23 bits per heavy atom. The maximum atomic E-state index is 12.9. The normalized spacial score (nSPS) is 32.8. The zero-order valence-corrected chi connectivity index (χ0v) is 14.3. The lowest BCUT2D eigenvalue weighted by Gasteiger charge is -2.46. The Bertz CT molecular complexity index is 762. The molecule has 1 saturated heterocycles. The Kier molecular flexibility index (Phi) is 3.91. The molecule has 2 fully saturated rings. The summed E-state index contributed by atoms with van der Waals surface area (Å²) in [7, 11) is 1.67. The third-order valence-electron chi connectivity index (χ3n) is 6.13. The molecule has 3 amide bonds. The minimum Gasteiger partial charge on any atom is -0.435 e. The van der Waals surface area contributed by atoms with Crippen LogP contribution in [0.2, 0.25) is 0 Å². The van der Waals surface area contributed by atoms with Gasteiger partial charge < -0.3 is 14.8 Å². The molecule has 140 valence electrons. The molecule has 2 N–H and O–H groups in total. The Balaban J connectivity index is 1.80. The number of fused-ring (bicyclic) bond motifs is 3. The van der Waals surface area contributed by atoms with Crippen LogP contribution in [-0.4, -0.2) is 31.8 Å². The summed E-state index contributed by atoms with van der Waals surface area (Å²) >= 11 is 0. The largest absolute Gasteiger partial charge is 0.435 e. The van der Waals surface area contributed by atoms with Crippen LogP contribution in [0.15, 0.2) is 18.2 Å². The molecule has 0 radical (unpaired) electrons. The molecular weight excluding hydrogens is 346 g/mol. The van der Waals surface area contributed by atoms with Gasteiger partial charge in [0.25, 0.3) is 5.91 Å². The predicted molar refractivity (Wildman–Crippen MR) is 86.8 cm³/mol. The molecule has 26 heavy (non-hydrogen) atoms. The van der Waals surface area contributed by atoms with Crippen LogP contribution in [0.3, 0.4) is 0 Å². The van der Waals surface area contributed by atoms with Crippen LogP contribution in [0.4, 0.5) is 13.6 Å². The minimum atomic E-state index is -2.96. The van der Waals surface area contributed by atoms with Gasteiger partial charge in [0, 0.05) is 12.5 Å². The number of urea groups is 1. The summed E-state index contributed by atoms with van der Waals surface area (Å²) < 4.78 is 35.2. The second kappa shape index (κ2) is 5.90. The van der Waals surface area contributed by atoms with Gasteiger partial charge in [-0.2, -0.15) is 8.78 Å². The van der Waals surface area contributed by atoms with Crippen molar-refractivity contribution < 1.29 is 27.8 Å². The van der Waals surface area contributed by atoms with Crippen molar-refractivity contribution in [3.05, 3.63) is 29.3 Å². The number of amides is 3. The number of carbonyl (C=O) groups is 2. The molecule has 2 aliphatic carbocycles. The maximum Gasteiger partial charge on any atom is 0.387 e. The van der Waals surface area contributed by atoms with Crippen molar-refractivity contribution >= 4 is 11.9 Å². The van der Waals surface area contributed by atoms with Gasteiger partial charge >= 0.3 is 12.6 Å². The van der Waals surface area contributed by atoms with E-state index in [9.17, 15) is 18.4 Å². The van der Waals surface area contributed by atoms with Crippen molar-refractivity contribution in [2.24, 2.45) is 5.41 Å². The summed E-state index contributed by atoms with van der Waals surface area (Å²) in [5.41, 5.74) is -0.321. The van der Waals surface area contributed by atoms with Crippen LogP contribution in [-0.2, 0) is 21.5 Å². The Morgan fingerprint density at radius 3 is 2.54 bits per heavy atom. The number of hydrogen-bond acceptors (Lipinski definition) is 4. The summed E-state index contributed by atoms with van der Waals surface area (Å²) in [4.78, 5) is 24.9. The molecule has 1 saturated carbocycles. The molecule has 1 unspecified atom stereocenters. The van der Waals surface area contributed by atoms with Gasteiger partial charge in [-0.3, -0.25) is 10.1 Å². The van der Waals surface area contributed by atoms with Gasteiger partial charge in [0.15, 0.2) is 5.54 Å². The molecular formula is C18H20F2N2O4. The van der Waals surface area contributed by atoms with Gasteiger partial charge in [-0.1, -0.05) is 6.07 Å². The number of hydrogen-bond donors (Lipinski definition) is 2. The van der Waals surface area contributed by atoms with Gasteiger partial charge in [0.05, 0.1) is 6.10 Å². The van der Waals surface area contributed by atoms with Crippen LogP contribution in [0.25, 0.3) is 0 Å². The predicted octanol–water partition coefficient (Wildman–Crippen LogP) is 2.45. The standard InChI is InChI=1S/C18H20F2N2O4/c1-25-11-4-6-17(7-5-11)9-10-2-3-12(26-15(19)20)8-13(10)18(17)14(23)21-16(24)22-18/h2-3,8,11,15H,4-7,9H2,1H3,(H2,21,22,23,24). The number of ether oxygens (including phenoxy) is 2. The van der Waals surface area contributed by atoms with E-state index < -0.39 is 29.5 Å². The van der Waals surface area contributed by atoms with E-state index >= 15 is 0 Å². The van der Waals surface area contributed by atoms with E-state index in [1.165, 1.54) is 12.1 Å². The Morgan fingerprint density at radius 2 is 1.96 bits per heavy atom. The molecule has 1 aliphatic heterocycles. The molecule has 1 heterocycles. The number of rotatable bonds is 3. The van der Waals surface area contributed by atoms with Crippen molar-refractivity contribution in [2.75, 3.05) is 7.11 Å². The Labute approximate surface area is 149 Å². The van der Waals surface area contributed by atoms with Gasteiger partial charge in [-0.25, -0.2) is 4.79 Å². The average Bonchev–Trinajstić information content (AvgIpc) is 3.04. The van der Waals surface area contributed by atoms with Crippen LogP contribution in [0.1, 0.15) is 36.8 Å². The van der Waals surface area contributed by atoms with E-state index in [-0.39, 0.29) is 11.9 Å². The number of imide groups is 1. The van der Waals surface area contributed by atoms with E-state index in [4.69, 9.17) is 4.74 Å². The number of nitrogens with one attached hydrogen (secondary N) is 2. The lowest BCUT2D eigenvalue weighted by atomic mass is 9.61. The van der Waals surface area contributed by atoms with Crippen LogP contribution in [0.5, 0.6) is 5.75 Å². The smallest absolute Gasteiger partial charge is 0.387 e. The molecule has 8 heteroatoms. The van der Waals surface area contributed by atoms with Crippen LogP contribution < -0.4 is 15.4 Å². The summed E-state index contributed by atoms with van der Waals surface area (Å²) in [6, 6.07) is 4.09. The van der Waals surface area contributed by atoms with E-state index in [1.807, 2.05) is 0 Å². The fraction of sp³-hybridized carbons (Fsp3) is 0.556. The fourth-order valence-electron chi connectivity index (χ4n) is 4.97. The molecule has 3 aliphatic rings. The highest BCUT2D eigenvalue weighted by Gasteiger charge is 2.66. The highest BCUT2D eigenvalue weighted by molar-refractivity contribution is 6.08. The molecule has 2 spiro atoms. The zero-order valence-electron chi connectivity index (χ0n) is 14.3. The van der Waals surface area contributed by atoms with Gasteiger partial charge in [0.2, 0.25) is 0 Å². The van der Waals surface area contributed by atoms with E-state index in [1.54, 1.807) is 13.2 Å². The zero-order chi connectivity index (χ0) is 18.5. The second-order valence-corrected chi connectivity index (χ2v) is 7.25. The SMILES string of the molecule is COC1CCC2(CC1)Cc1ccc(OC(F)F)cc1C21NC(=O)NC1=O. The molecule has 4 rings (SSSR count). The van der Waals surface area contributed by atoms with Crippen molar-refractivity contribution in [3.63, 3.8) is 0 Å². The first-order valence-corrected chi connectivity index (χ1v) is 8.65. The lowest BCUT2D eigenvalue weighted by molar-refractivity contribution is -0.131. The van der Waals surface area contributed by atoms with Crippen LogP contribution >= 0.6 is 0 Å². The maximum absolute atomic E-state index is 12.9. The molecule has 1 aromatic rings. The Hall–Kier alpha value is -2.22. The fourth-order valence-corrected chi connectivity index (χ4v) is 4.97. The molecule has 6 nitrogen and oxygen atoms in total. The van der Waals surface area contributed by atoms with Crippen molar-refractivity contribution in [2.45, 2.75) is 50.4 Å². The molecule has 1 atom stereocenters. The number of methoxy groups -OCH3 is 1. The first-order valence-electron chi connectivity index (χ1n) is 8.65. The van der Waals surface area contributed by atoms with E-state index in [2.05, 4.69) is 15.4 Å². The highest BCUT2D eigenvalue weighted by atomic mass is 19.3. The lowest BCUT2D eigenvalue weighted by Crippen LogP contribution is -2.56. The third kappa shape index (κ3) is 2.31. The van der Waals surface area contributed by atoms with Gasteiger partial charge in [-0.15, -0.1) is 0 Å². The number of halogens is 2. The number of benzene rings is 1. The van der Waals surface area contributed by atoms with E-state index in [0.717, 1.165) is 18.4 Å². The van der Waals surface area contributed by atoms with Crippen LogP contribution in [0, 0.1) is 5.41 Å². The first kappa shape index (κ1) is 17.2. The minimum absolute atomic E-state index is 0.0188. The number of carbonyl (C=O) groups excluding carboxylic acids is 2. The monoisotopic (exact) mass is 366 g/mol. The first-order chi connectivity index (χ1) is 12.4. The molecule has 1 aromatic carbocycles. The third-order valence-corrected chi connectivity index (χ3v) is 6.13. The van der Waals surface area contributed by atoms with Gasteiger partial charge in [0.1, 0.15) is 5.75 Å². The second-order valence-electron chi connectivity index (χ2n) is 7.25. The van der Waals surface area contributed by atoms with Crippen molar-refractivity contribution in [1.82, 2.24) is 10.6 Å². The highest BCUT2D eigenvalue weighted by Crippen LogP contribution is 2.59. The van der Waals surface area contributed by atoms with Gasteiger partial charge in [-0.05, 0) is 55.4 Å². The molecule has 0 aromatic heterocycles. The number of alkyl halides is 2. The molecule has 0 bridgehead atoms. The summed E-state index contributed by atoms with van der Waals surface area (Å²) in [6.07, 6.45) is 3.66.